The van der Waals surface area contributed by atoms with Crippen LogP contribution in [-0.4, -0.2) is 17.3 Å². The zero-order valence-corrected chi connectivity index (χ0v) is 14.8. The number of aliphatic hydroxyl groups is 1. The molecule has 2 saturated carbocycles. The SMILES string of the molecule is CCC1CCCCC1(O)C1(CN)CCC(C(C)(C)C)CC1. The van der Waals surface area contributed by atoms with Crippen molar-refractivity contribution >= 4 is 0 Å². The monoisotopic (exact) mass is 295 g/mol. The number of rotatable bonds is 3. The first kappa shape index (κ1) is 17.3. The Balaban J connectivity index is 2.19. The summed E-state index contributed by atoms with van der Waals surface area (Å²) in [5, 5.41) is 11.6. The molecular formula is C19H37NO. The molecule has 2 aliphatic carbocycles. The van der Waals surface area contributed by atoms with Crippen molar-refractivity contribution in [3.63, 3.8) is 0 Å². The maximum absolute atomic E-state index is 11.6. The zero-order valence-electron chi connectivity index (χ0n) is 14.8. The van der Waals surface area contributed by atoms with Gasteiger partial charge in [-0.15, -0.1) is 0 Å². The summed E-state index contributed by atoms with van der Waals surface area (Å²) in [5.74, 6) is 1.24. The molecule has 0 heterocycles. The van der Waals surface area contributed by atoms with Crippen LogP contribution in [0.2, 0.25) is 0 Å². The highest BCUT2D eigenvalue weighted by atomic mass is 16.3. The van der Waals surface area contributed by atoms with Crippen LogP contribution in [0.4, 0.5) is 0 Å². The summed E-state index contributed by atoms with van der Waals surface area (Å²) in [6.07, 6.45) is 10.4. The van der Waals surface area contributed by atoms with E-state index < -0.39 is 5.60 Å². The lowest BCUT2D eigenvalue weighted by Gasteiger charge is -2.56. The van der Waals surface area contributed by atoms with Gasteiger partial charge in [0.15, 0.2) is 0 Å². The van der Waals surface area contributed by atoms with E-state index in [4.69, 9.17) is 5.73 Å². The summed E-state index contributed by atoms with van der Waals surface area (Å²) in [7, 11) is 0. The minimum atomic E-state index is -0.502. The second-order valence-corrected chi connectivity index (χ2v) is 8.90. The third kappa shape index (κ3) is 3.03. The van der Waals surface area contributed by atoms with Crippen LogP contribution < -0.4 is 5.73 Å². The minimum Gasteiger partial charge on any atom is -0.389 e. The van der Waals surface area contributed by atoms with Gasteiger partial charge in [0.1, 0.15) is 0 Å². The van der Waals surface area contributed by atoms with Gasteiger partial charge >= 0.3 is 0 Å². The molecule has 0 aromatic carbocycles. The quantitative estimate of drug-likeness (QED) is 0.805. The first-order valence-corrected chi connectivity index (χ1v) is 9.21. The lowest BCUT2D eigenvalue weighted by Crippen LogP contribution is -2.59. The Morgan fingerprint density at radius 2 is 1.67 bits per heavy atom. The Bertz CT molecular complexity index is 338. The standard InChI is InChI=1S/C19H37NO/c1-5-15-8-6-7-11-19(15,21)18(14-20)12-9-16(10-13-18)17(2,3)4/h15-16,21H,5-14,20H2,1-4H3. The fraction of sp³-hybridized carbons (Fsp3) is 1.00. The van der Waals surface area contributed by atoms with Crippen molar-refractivity contribution in [3.8, 4) is 0 Å². The second-order valence-electron chi connectivity index (χ2n) is 8.90. The van der Waals surface area contributed by atoms with Crippen LogP contribution in [0.5, 0.6) is 0 Å². The normalized spacial score (nSPS) is 42.0. The molecule has 2 rings (SSSR count). The first-order valence-electron chi connectivity index (χ1n) is 9.21. The third-order valence-electron chi connectivity index (χ3n) is 7.01. The van der Waals surface area contributed by atoms with E-state index in [1.54, 1.807) is 0 Å². The topological polar surface area (TPSA) is 46.2 Å². The van der Waals surface area contributed by atoms with E-state index in [9.17, 15) is 5.11 Å². The smallest absolute Gasteiger partial charge is 0.0743 e. The zero-order chi connectivity index (χ0) is 15.7. The summed E-state index contributed by atoms with van der Waals surface area (Å²) < 4.78 is 0. The Morgan fingerprint density at radius 3 is 2.14 bits per heavy atom. The molecule has 2 fully saturated rings. The average molecular weight is 296 g/mol. The van der Waals surface area contributed by atoms with E-state index in [-0.39, 0.29) is 5.41 Å². The van der Waals surface area contributed by atoms with Gasteiger partial charge in [0.25, 0.3) is 0 Å². The van der Waals surface area contributed by atoms with Gasteiger partial charge in [-0.25, -0.2) is 0 Å². The molecule has 2 atom stereocenters. The van der Waals surface area contributed by atoms with E-state index in [2.05, 4.69) is 27.7 Å². The third-order valence-corrected chi connectivity index (χ3v) is 7.01. The molecule has 2 aliphatic rings. The summed E-state index contributed by atoms with van der Waals surface area (Å²) in [6.45, 7) is 9.98. The van der Waals surface area contributed by atoms with Crippen LogP contribution in [-0.2, 0) is 0 Å². The molecule has 2 nitrogen and oxygen atoms in total. The Hall–Kier alpha value is -0.0800. The van der Waals surface area contributed by atoms with Crippen molar-refractivity contribution in [3.05, 3.63) is 0 Å². The Morgan fingerprint density at radius 1 is 1.05 bits per heavy atom. The molecule has 124 valence electrons. The molecule has 2 heteroatoms. The molecule has 0 aromatic heterocycles. The van der Waals surface area contributed by atoms with Gasteiger partial charge in [0.05, 0.1) is 5.60 Å². The molecule has 0 spiro atoms. The van der Waals surface area contributed by atoms with E-state index in [0.717, 1.165) is 31.6 Å². The van der Waals surface area contributed by atoms with Crippen molar-refractivity contribution in [1.29, 1.82) is 0 Å². The van der Waals surface area contributed by atoms with Gasteiger partial charge in [0.2, 0.25) is 0 Å². The van der Waals surface area contributed by atoms with Crippen LogP contribution in [0.3, 0.4) is 0 Å². The molecule has 0 aromatic rings. The highest BCUT2D eigenvalue weighted by Crippen LogP contribution is 2.56. The molecule has 21 heavy (non-hydrogen) atoms. The molecule has 2 unspecified atom stereocenters. The van der Waals surface area contributed by atoms with Crippen molar-refractivity contribution in [2.24, 2.45) is 28.4 Å². The molecule has 0 bridgehead atoms. The lowest BCUT2D eigenvalue weighted by atomic mass is 9.52. The van der Waals surface area contributed by atoms with E-state index >= 15 is 0 Å². The molecular weight excluding hydrogens is 258 g/mol. The predicted molar refractivity (Wildman–Crippen MR) is 90.1 cm³/mol. The number of hydrogen-bond acceptors (Lipinski definition) is 2. The van der Waals surface area contributed by atoms with E-state index in [1.165, 1.54) is 32.1 Å². The van der Waals surface area contributed by atoms with Crippen molar-refractivity contribution in [1.82, 2.24) is 0 Å². The average Bonchev–Trinajstić information content (AvgIpc) is 2.46. The highest BCUT2D eigenvalue weighted by molar-refractivity contribution is 5.06. The summed E-state index contributed by atoms with van der Waals surface area (Å²) >= 11 is 0. The van der Waals surface area contributed by atoms with Crippen LogP contribution in [0.15, 0.2) is 0 Å². The molecule has 0 radical (unpaired) electrons. The molecule has 0 amide bonds. The fourth-order valence-electron chi connectivity index (χ4n) is 5.32. The van der Waals surface area contributed by atoms with Crippen LogP contribution >= 0.6 is 0 Å². The lowest BCUT2D eigenvalue weighted by molar-refractivity contribution is -0.165. The van der Waals surface area contributed by atoms with Gasteiger partial charge < -0.3 is 10.8 Å². The van der Waals surface area contributed by atoms with Gasteiger partial charge in [-0.05, 0) is 55.8 Å². The predicted octanol–water partition coefficient (Wildman–Crippen LogP) is 4.50. The van der Waals surface area contributed by atoms with Crippen LogP contribution in [0, 0.1) is 22.7 Å². The summed E-state index contributed by atoms with van der Waals surface area (Å²) in [6, 6.07) is 0. The maximum Gasteiger partial charge on any atom is 0.0743 e. The van der Waals surface area contributed by atoms with E-state index in [1.807, 2.05) is 0 Å². The van der Waals surface area contributed by atoms with Gasteiger partial charge in [0, 0.05) is 12.0 Å². The van der Waals surface area contributed by atoms with Crippen LogP contribution in [0.1, 0.15) is 85.5 Å². The molecule has 0 saturated heterocycles. The Kier molecular flexibility index (Phi) is 5.10. The minimum absolute atomic E-state index is 0.0180. The number of hydrogen-bond donors (Lipinski definition) is 2. The van der Waals surface area contributed by atoms with Crippen LogP contribution in [0.25, 0.3) is 0 Å². The Labute approximate surface area is 131 Å². The van der Waals surface area contributed by atoms with Gasteiger partial charge in [-0.3, -0.25) is 0 Å². The summed E-state index contributed by atoms with van der Waals surface area (Å²) in [5.41, 5.74) is 6.13. The van der Waals surface area contributed by atoms with E-state index in [0.29, 0.717) is 17.9 Å². The number of nitrogens with two attached hydrogens (primary N) is 1. The van der Waals surface area contributed by atoms with Gasteiger partial charge in [-0.2, -0.15) is 0 Å². The van der Waals surface area contributed by atoms with Gasteiger partial charge in [-0.1, -0.05) is 47.0 Å². The van der Waals surface area contributed by atoms with Crippen molar-refractivity contribution < 1.29 is 5.11 Å². The molecule has 3 N–H and O–H groups in total. The maximum atomic E-state index is 11.6. The second kappa shape index (κ2) is 6.20. The largest absolute Gasteiger partial charge is 0.389 e. The summed E-state index contributed by atoms with van der Waals surface area (Å²) in [4.78, 5) is 0. The highest BCUT2D eigenvalue weighted by Gasteiger charge is 2.55. The van der Waals surface area contributed by atoms with Crippen molar-refractivity contribution in [2.45, 2.75) is 91.1 Å². The van der Waals surface area contributed by atoms with Crippen molar-refractivity contribution in [2.75, 3.05) is 6.54 Å². The first-order chi connectivity index (χ1) is 9.79. The molecule has 0 aliphatic heterocycles. The fourth-order valence-corrected chi connectivity index (χ4v) is 5.32.